The summed E-state index contributed by atoms with van der Waals surface area (Å²) in [5.41, 5.74) is 2.62. The van der Waals surface area contributed by atoms with Crippen molar-refractivity contribution in [3.8, 4) is 11.6 Å². The minimum atomic E-state index is -4.47. The van der Waals surface area contributed by atoms with Gasteiger partial charge in [-0.3, -0.25) is 14.3 Å². The van der Waals surface area contributed by atoms with Crippen LogP contribution in [0.4, 0.5) is 19.0 Å². The molecule has 15 heteroatoms. The number of carbonyl (C=O) groups is 2. The third kappa shape index (κ3) is 6.96. The molecule has 3 aromatic rings. The summed E-state index contributed by atoms with van der Waals surface area (Å²) in [5, 5.41) is 14.2. The number of alkyl halides is 3. The van der Waals surface area contributed by atoms with Gasteiger partial charge in [0, 0.05) is 31.6 Å². The molecular weight excluding hydrogens is 541 g/mol. The van der Waals surface area contributed by atoms with Crippen LogP contribution >= 0.6 is 0 Å². The monoisotopic (exact) mass is 568 g/mol. The molecule has 0 radical (unpaired) electrons. The topological polar surface area (TPSA) is 137 Å². The van der Waals surface area contributed by atoms with Crippen LogP contribution in [0, 0.1) is 6.92 Å². The van der Waals surface area contributed by atoms with Crippen molar-refractivity contribution >= 4 is 27.5 Å². The van der Waals surface area contributed by atoms with Crippen molar-refractivity contribution in [1.29, 1.82) is 0 Å². The second kappa shape index (κ2) is 10.7. The summed E-state index contributed by atoms with van der Waals surface area (Å²) in [4.78, 5) is 26.0. The van der Waals surface area contributed by atoms with Gasteiger partial charge < -0.3 is 15.4 Å². The zero-order valence-electron chi connectivity index (χ0n) is 21.4. The molecule has 2 aromatic heterocycles. The first-order chi connectivity index (χ1) is 18.2. The molecule has 0 spiro atoms. The Labute approximate surface area is 222 Å². The molecule has 1 aliphatic heterocycles. The molecule has 210 valence electrons. The number of hydrogen-bond acceptors (Lipinski definition) is 7. The van der Waals surface area contributed by atoms with Gasteiger partial charge in [-0.2, -0.15) is 28.1 Å². The summed E-state index contributed by atoms with van der Waals surface area (Å²) in [6.45, 7) is 0.449. The van der Waals surface area contributed by atoms with Crippen LogP contribution in [-0.2, 0) is 41.1 Å². The van der Waals surface area contributed by atoms with Crippen LogP contribution in [0.25, 0.3) is 5.82 Å². The van der Waals surface area contributed by atoms with Gasteiger partial charge in [0.15, 0.2) is 28.1 Å². The van der Waals surface area contributed by atoms with Gasteiger partial charge >= 0.3 is 6.18 Å². The van der Waals surface area contributed by atoms with Gasteiger partial charge in [0.25, 0.3) is 5.91 Å². The van der Waals surface area contributed by atoms with Crippen LogP contribution in [0.3, 0.4) is 0 Å². The first-order valence-electron chi connectivity index (χ1n) is 11.9. The summed E-state index contributed by atoms with van der Waals surface area (Å²) in [5.74, 6) is -1.82. The van der Waals surface area contributed by atoms with Gasteiger partial charge in [-0.05, 0) is 49.4 Å². The van der Waals surface area contributed by atoms with Gasteiger partial charge in [0.2, 0.25) is 5.91 Å². The van der Waals surface area contributed by atoms with Crippen molar-refractivity contribution < 1.29 is 35.9 Å². The number of aryl methyl sites for hydroxylation is 4. The number of amides is 2. The molecule has 3 heterocycles. The van der Waals surface area contributed by atoms with Crippen molar-refractivity contribution in [3.63, 3.8) is 0 Å². The zero-order chi connectivity index (χ0) is 28.5. The number of rotatable bonds is 6. The molecule has 1 aliphatic rings. The average molecular weight is 569 g/mol. The lowest BCUT2D eigenvalue weighted by molar-refractivity contribution is -0.153. The van der Waals surface area contributed by atoms with Crippen LogP contribution < -0.4 is 15.4 Å². The van der Waals surface area contributed by atoms with Crippen LogP contribution in [0.2, 0.25) is 0 Å². The minimum absolute atomic E-state index is 0.00838. The highest BCUT2D eigenvalue weighted by Gasteiger charge is 2.30. The largest absolute Gasteiger partial charge is 0.484 e. The molecule has 0 atom stereocenters. The van der Waals surface area contributed by atoms with E-state index in [1.54, 1.807) is 23.9 Å². The lowest BCUT2D eigenvalue weighted by Crippen LogP contribution is -2.28. The van der Waals surface area contributed by atoms with E-state index in [-0.39, 0.29) is 30.1 Å². The quantitative estimate of drug-likeness (QED) is 0.465. The molecule has 0 unspecified atom stereocenters. The molecule has 39 heavy (non-hydrogen) atoms. The molecule has 4 rings (SSSR count). The minimum Gasteiger partial charge on any atom is -0.484 e. The lowest BCUT2D eigenvalue weighted by Gasteiger charge is -2.16. The molecule has 0 saturated heterocycles. The maximum atomic E-state index is 13.4. The van der Waals surface area contributed by atoms with E-state index in [0.717, 1.165) is 17.5 Å². The number of fused-ring (bicyclic) bond motifs is 2. The van der Waals surface area contributed by atoms with E-state index in [1.807, 2.05) is 6.92 Å². The number of nitrogens with zero attached hydrogens (tertiary/aromatic N) is 4. The number of nitrogens with one attached hydrogen (secondary N) is 2. The fourth-order valence-corrected chi connectivity index (χ4v) is 4.73. The fourth-order valence-electron chi connectivity index (χ4n) is 4.18. The number of sulfone groups is 1. The van der Waals surface area contributed by atoms with Crippen LogP contribution in [0.1, 0.15) is 39.3 Å². The van der Waals surface area contributed by atoms with Crippen molar-refractivity contribution in [2.75, 3.05) is 23.9 Å². The number of aromatic nitrogens is 4. The standard InChI is InChI=1S/C24H27F3N6O5S/c1-14-9-19(31-32(14)2)33-22(29-20(34)12-39(3,36)37)21-18(30-33)6-4-5-15-10-17(38-13-24(25,26)27)8-7-16(15)11-28-23(21)35/h7-10H,4-6,11-13H2,1-3H3,(H,28,35)(H,29,34). The maximum Gasteiger partial charge on any atom is 0.422 e. The second-order valence-electron chi connectivity index (χ2n) is 9.34. The molecule has 0 aliphatic carbocycles. The second-order valence-corrected chi connectivity index (χ2v) is 11.5. The molecule has 1 aromatic carbocycles. The normalized spacial score (nSPS) is 14.3. The van der Waals surface area contributed by atoms with E-state index in [0.29, 0.717) is 29.9 Å². The highest BCUT2D eigenvalue weighted by atomic mass is 32.2. The lowest BCUT2D eigenvalue weighted by atomic mass is 9.98. The third-order valence-corrected chi connectivity index (χ3v) is 6.82. The zero-order valence-corrected chi connectivity index (χ0v) is 22.2. The average Bonchev–Trinajstić information content (AvgIpc) is 3.34. The maximum absolute atomic E-state index is 13.4. The van der Waals surface area contributed by atoms with Crippen molar-refractivity contribution in [2.45, 2.75) is 38.9 Å². The number of halogens is 3. The van der Waals surface area contributed by atoms with E-state index >= 15 is 0 Å². The Bertz CT molecular complexity index is 1510. The summed E-state index contributed by atoms with van der Waals surface area (Å²) < 4.78 is 68.9. The molecule has 0 saturated carbocycles. The van der Waals surface area contributed by atoms with E-state index in [4.69, 9.17) is 4.74 Å². The van der Waals surface area contributed by atoms with Crippen molar-refractivity contribution in [2.24, 2.45) is 7.05 Å². The molecule has 2 N–H and O–H groups in total. The van der Waals surface area contributed by atoms with E-state index < -0.39 is 40.2 Å². The predicted octanol–water partition coefficient (Wildman–Crippen LogP) is 2.26. The van der Waals surface area contributed by atoms with Crippen LogP contribution in [-0.4, -0.2) is 64.6 Å². The Balaban J connectivity index is 1.69. The van der Waals surface area contributed by atoms with E-state index in [1.165, 1.54) is 16.8 Å². The summed E-state index contributed by atoms with van der Waals surface area (Å²) in [6.07, 6.45) is -2.33. The number of benzene rings is 1. The first-order valence-corrected chi connectivity index (χ1v) is 14.0. The van der Waals surface area contributed by atoms with E-state index in [9.17, 15) is 31.2 Å². The molecule has 2 amide bonds. The van der Waals surface area contributed by atoms with Gasteiger partial charge in [-0.1, -0.05) is 6.07 Å². The Morgan fingerprint density at radius 3 is 2.56 bits per heavy atom. The Morgan fingerprint density at radius 2 is 1.92 bits per heavy atom. The molecule has 0 fully saturated rings. The SMILES string of the molecule is Cc1cc(-n2nc3c(c2NC(=O)CS(C)(=O)=O)C(=O)NCc2ccc(OCC(F)(F)F)cc2CCC3)nn1C. The van der Waals surface area contributed by atoms with Crippen LogP contribution in [0.5, 0.6) is 5.75 Å². The smallest absolute Gasteiger partial charge is 0.422 e. The fraction of sp³-hybridized carbons (Fsp3) is 0.417. The molecule has 11 nitrogen and oxygen atoms in total. The van der Waals surface area contributed by atoms with Crippen molar-refractivity contribution in [3.05, 3.63) is 52.3 Å². The predicted molar refractivity (Wildman–Crippen MR) is 135 cm³/mol. The van der Waals surface area contributed by atoms with Gasteiger partial charge in [-0.25, -0.2) is 8.42 Å². The molecular formula is C24H27F3N6O5S. The highest BCUT2D eigenvalue weighted by molar-refractivity contribution is 7.91. The van der Waals surface area contributed by atoms with Crippen molar-refractivity contribution in [1.82, 2.24) is 24.9 Å². The Hall–Kier alpha value is -3.88. The summed E-state index contributed by atoms with van der Waals surface area (Å²) in [6, 6.07) is 6.23. The Kier molecular flexibility index (Phi) is 7.73. The molecule has 0 bridgehead atoms. The van der Waals surface area contributed by atoms with E-state index in [2.05, 4.69) is 20.8 Å². The van der Waals surface area contributed by atoms with Gasteiger partial charge in [0.05, 0.1) is 5.69 Å². The van der Waals surface area contributed by atoms with Gasteiger partial charge in [-0.15, -0.1) is 0 Å². The number of carbonyl (C=O) groups excluding carboxylic acids is 2. The number of anilines is 1. The summed E-state index contributed by atoms with van der Waals surface area (Å²) in [7, 11) is -1.94. The van der Waals surface area contributed by atoms with Gasteiger partial charge in [0.1, 0.15) is 17.1 Å². The highest BCUT2D eigenvalue weighted by Crippen LogP contribution is 2.28. The first kappa shape index (κ1) is 28.1. The van der Waals surface area contributed by atoms with Crippen LogP contribution in [0.15, 0.2) is 24.3 Å². The number of hydrogen-bond donors (Lipinski definition) is 2. The number of ether oxygens (including phenoxy) is 1. The Morgan fingerprint density at radius 1 is 1.18 bits per heavy atom. The summed E-state index contributed by atoms with van der Waals surface area (Å²) >= 11 is 0. The third-order valence-electron chi connectivity index (χ3n) is 6.03.